The van der Waals surface area contributed by atoms with E-state index in [9.17, 15) is 0 Å². The van der Waals surface area contributed by atoms with E-state index in [2.05, 4.69) is 61.6 Å². The van der Waals surface area contributed by atoms with Crippen LogP contribution in [-0.2, 0) is 4.74 Å². The Kier molecular flexibility index (Phi) is 4.58. The van der Waals surface area contributed by atoms with E-state index in [0.717, 1.165) is 0 Å². The topological polar surface area (TPSA) is 21.3 Å². The summed E-state index contributed by atoms with van der Waals surface area (Å²) in [6.07, 6.45) is 0. The molecule has 1 unspecified atom stereocenters. The van der Waals surface area contributed by atoms with Gasteiger partial charge in [-0.05, 0) is 36.6 Å². The van der Waals surface area contributed by atoms with E-state index >= 15 is 0 Å². The van der Waals surface area contributed by atoms with Crippen molar-refractivity contribution in [2.45, 2.75) is 19.9 Å². The third-order valence-corrected chi connectivity index (χ3v) is 3.26. The molecule has 0 saturated carbocycles. The predicted molar refractivity (Wildman–Crippen MR) is 80.6 cm³/mol. The minimum absolute atomic E-state index is 0.173. The molecule has 2 heteroatoms. The first-order valence-electron chi connectivity index (χ1n) is 6.58. The molecule has 0 heterocycles. The summed E-state index contributed by atoms with van der Waals surface area (Å²) in [5, 5.41) is 3.58. The largest absolute Gasteiger partial charge is 0.382 e. The molecule has 2 aromatic carbocycles. The predicted octanol–water partition coefficient (Wildman–Crippen LogP) is 4.10. The van der Waals surface area contributed by atoms with Gasteiger partial charge in [-0.2, -0.15) is 0 Å². The second kappa shape index (κ2) is 6.39. The van der Waals surface area contributed by atoms with Crippen molar-refractivity contribution in [1.82, 2.24) is 0 Å². The highest BCUT2D eigenvalue weighted by Gasteiger charge is 2.11. The molecule has 0 bridgehead atoms. The van der Waals surface area contributed by atoms with Gasteiger partial charge < -0.3 is 10.1 Å². The maximum atomic E-state index is 5.34. The lowest BCUT2D eigenvalue weighted by atomic mass is 10.1. The number of anilines is 1. The third kappa shape index (κ3) is 3.58. The molecule has 0 saturated heterocycles. The molecule has 2 rings (SSSR count). The average molecular weight is 255 g/mol. The van der Waals surface area contributed by atoms with Crippen LogP contribution in [-0.4, -0.2) is 13.7 Å². The molecule has 0 fully saturated rings. The lowest BCUT2D eigenvalue weighted by Crippen LogP contribution is -2.16. The van der Waals surface area contributed by atoms with Crippen LogP contribution in [0, 0.1) is 13.8 Å². The first-order chi connectivity index (χ1) is 9.20. The molecule has 0 amide bonds. The maximum Gasteiger partial charge on any atom is 0.0747 e. The van der Waals surface area contributed by atoms with Crippen LogP contribution in [0.2, 0.25) is 0 Å². The number of aryl methyl sites for hydroxylation is 2. The van der Waals surface area contributed by atoms with Crippen LogP contribution in [0.25, 0.3) is 0 Å². The summed E-state index contributed by atoms with van der Waals surface area (Å²) < 4.78 is 5.34. The lowest BCUT2D eigenvalue weighted by Gasteiger charge is -2.21. The number of methoxy groups -OCH3 is 1. The van der Waals surface area contributed by atoms with Crippen LogP contribution in [0.1, 0.15) is 22.7 Å². The van der Waals surface area contributed by atoms with E-state index in [1.807, 2.05) is 6.07 Å². The summed E-state index contributed by atoms with van der Waals surface area (Å²) in [7, 11) is 1.74. The van der Waals surface area contributed by atoms with Crippen molar-refractivity contribution in [2.75, 3.05) is 19.0 Å². The fourth-order valence-corrected chi connectivity index (χ4v) is 2.15. The zero-order valence-electron chi connectivity index (χ0n) is 11.8. The smallest absolute Gasteiger partial charge is 0.0747 e. The number of benzene rings is 2. The zero-order chi connectivity index (χ0) is 13.7. The van der Waals surface area contributed by atoms with E-state index in [4.69, 9.17) is 4.74 Å². The summed E-state index contributed by atoms with van der Waals surface area (Å²) in [5.74, 6) is 0. The van der Waals surface area contributed by atoms with Gasteiger partial charge in [0.2, 0.25) is 0 Å². The molecule has 0 aliphatic heterocycles. The van der Waals surface area contributed by atoms with E-state index in [-0.39, 0.29) is 6.04 Å². The normalized spacial score (nSPS) is 12.2. The molecule has 1 atom stereocenters. The highest BCUT2D eigenvalue weighted by molar-refractivity contribution is 5.54. The second-order valence-corrected chi connectivity index (χ2v) is 4.88. The van der Waals surface area contributed by atoms with Crippen LogP contribution < -0.4 is 5.32 Å². The van der Waals surface area contributed by atoms with Gasteiger partial charge in [0.1, 0.15) is 0 Å². The highest BCUT2D eigenvalue weighted by Crippen LogP contribution is 2.23. The Bertz CT molecular complexity index is 522. The van der Waals surface area contributed by atoms with Crippen LogP contribution in [0.4, 0.5) is 5.69 Å². The molecule has 100 valence electrons. The standard InChI is InChI=1S/C17H21NO/c1-13-9-10-14(2)16(11-13)18-17(12-19-3)15-7-5-4-6-8-15/h4-11,17-18H,12H2,1-3H3. The van der Waals surface area contributed by atoms with Crippen molar-refractivity contribution >= 4 is 5.69 Å². The van der Waals surface area contributed by atoms with E-state index < -0.39 is 0 Å². The van der Waals surface area contributed by atoms with Crippen molar-refractivity contribution in [3.63, 3.8) is 0 Å². The number of nitrogens with one attached hydrogen (secondary N) is 1. The van der Waals surface area contributed by atoms with Crippen LogP contribution in [0.3, 0.4) is 0 Å². The van der Waals surface area contributed by atoms with Gasteiger partial charge >= 0.3 is 0 Å². The molecule has 0 aliphatic carbocycles. The Labute approximate surface area is 115 Å². The Morgan fingerprint density at radius 1 is 1.05 bits per heavy atom. The third-order valence-electron chi connectivity index (χ3n) is 3.26. The van der Waals surface area contributed by atoms with Gasteiger partial charge in [-0.15, -0.1) is 0 Å². The van der Waals surface area contributed by atoms with Crippen molar-refractivity contribution in [2.24, 2.45) is 0 Å². The fraction of sp³-hybridized carbons (Fsp3) is 0.294. The second-order valence-electron chi connectivity index (χ2n) is 4.88. The van der Waals surface area contributed by atoms with Gasteiger partial charge in [-0.25, -0.2) is 0 Å². The minimum Gasteiger partial charge on any atom is -0.382 e. The Balaban J connectivity index is 2.24. The van der Waals surface area contributed by atoms with Crippen molar-refractivity contribution in [1.29, 1.82) is 0 Å². The van der Waals surface area contributed by atoms with Gasteiger partial charge in [0.25, 0.3) is 0 Å². The fourth-order valence-electron chi connectivity index (χ4n) is 2.15. The molecule has 19 heavy (non-hydrogen) atoms. The number of ether oxygens (including phenoxy) is 1. The molecule has 0 aliphatic rings. The molecule has 0 spiro atoms. The molecule has 0 radical (unpaired) electrons. The summed E-state index contributed by atoms with van der Waals surface area (Å²) in [6, 6.07) is 17.0. The Hall–Kier alpha value is -1.80. The summed E-state index contributed by atoms with van der Waals surface area (Å²) in [5.41, 5.74) is 4.93. The average Bonchev–Trinajstić information content (AvgIpc) is 2.43. The van der Waals surface area contributed by atoms with E-state index in [1.54, 1.807) is 7.11 Å². The number of hydrogen-bond acceptors (Lipinski definition) is 2. The van der Waals surface area contributed by atoms with Crippen molar-refractivity contribution < 1.29 is 4.74 Å². The lowest BCUT2D eigenvalue weighted by molar-refractivity contribution is 0.186. The Morgan fingerprint density at radius 2 is 1.79 bits per heavy atom. The van der Waals surface area contributed by atoms with Crippen LogP contribution in [0.15, 0.2) is 48.5 Å². The van der Waals surface area contributed by atoms with E-state index in [0.29, 0.717) is 6.61 Å². The summed E-state index contributed by atoms with van der Waals surface area (Å²) >= 11 is 0. The zero-order valence-corrected chi connectivity index (χ0v) is 11.8. The summed E-state index contributed by atoms with van der Waals surface area (Å²) in [6.45, 7) is 4.88. The molecule has 1 N–H and O–H groups in total. The quantitative estimate of drug-likeness (QED) is 0.868. The Morgan fingerprint density at radius 3 is 2.47 bits per heavy atom. The first-order valence-corrected chi connectivity index (χ1v) is 6.58. The van der Waals surface area contributed by atoms with Crippen LogP contribution >= 0.6 is 0 Å². The van der Waals surface area contributed by atoms with Gasteiger partial charge in [-0.3, -0.25) is 0 Å². The SMILES string of the molecule is COCC(Nc1cc(C)ccc1C)c1ccccc1. The van der Waals surface area contributed by atoms with E-state index in [1.165, 1.54) is 22.4 Å². The van der Waals surface area contributed by atoms with Gasteiger partial charge in [-0.1, -0.05) is 42.5 Å². The molecule has 0 aromatic heterocycles. The summed E-state index contributed by atoms with van der Waals surface area (Å²) in [4.78, 5) is 0. The highest BCUT2D eigenvalue weighted by atomic mass is 16.5. The maximum absolute atomic E-state index is 5.34. The first kappa shape index (κ1) is 13.6. The van der Waals surface area contributed by atoms with Gasteiger partial charge in [0, 0.05) is 12.8 Å². The molecule has 2 nitrogen and oxygen atoms in total. The molecular weight excluding hydrogens is 234 g/mol. The van der Waals surface area contributed by atoms with Crippen LogP contribution in [0.5, 0.6) is 0 Å². The van der Waals surface area contributed by atoms with Gasteiger partial charge in [0.15, 0.2) is 0 Å². The van der Waals surface area contributed by atoms with Gasteiger partial charge in [0.05, 0.1) is 12.6 Å². The minimum atomic E-state index is 0.173. The van der Waals surface area contributed by atoms with Crippen molar-refractivity contribution in [3.8, 4) is 0 Å². The van der Waals surface area contributed by atoms with Crippen molar-refractivity contribution in [3.05, 3.63) is 65.2 Å². The number of hydrogen-bond donors (Lipinski definition) is 1. The molecular formula is C17H21NO. The monoisotopic (exact) mass is 255 g/mol. The number of rotatable bonds is 5. The molecule has 2 aromatic rings.